The molecule has 3 rings (SSSR count). The van der Waals surface area contributed by atoms with E-state index in [4.69, 9.17) is 4.42 Å². The molecule has 0 unspecified atom stereocenters. The standard InChI is InChI=1S/C16H13FN4O2/c17-13-6-2-1-5-12(13)15(22)19-9-7-14-20-21-16(23-14)11-4-3-8-18-10-11/h1-6,8,10H,7,9H2,(H,19,22). The van der Waals surface area contributed by atoms with E-state index in [-0.39, 0.29) is 12.1 Å². The summed E-state index contributed by atoms with van der Waals surface area (Å²) in [5, 5.41) is 10.5. The van der Waals surface area contributed by atoms with Crippen molar-refractivity contribution < 1.29 is 13.6 Å². The maximum Gasteiger partial charge on any atom is 0.254 e. The number of hydrogen-bond acceptors (Lipinski definition) is 5. The molecule has 0 aliphatic rings. The van der Waals surface area contributed by atoms with Crippen LogP contribution >= 0.6 is 0 Å². The molecule has 0 spiro atoms. The van der Waals surface area contributed by atoms with Crippen molar-refractivity contribution in [1.29, 1.82) is 0 Å². The number of carbonyl (C=O) groups excluding carboxylic acids is 1. The number of rotatable bonds is 5. The van der Waals surface area contributed by atoms with Crippen LogP contribution in [0, 0.1) is 5.82 Å². The molecule has 2 aromatic heterocycles. The number of hydrogen-bond donors (Lipinski definition) is 1. The zero-order valence-electron chi connectivity index (χ0n) is 12.1. The molecule has 116 valence electrons. The summed E-state index contributed by atoms with van der Waals surface area (Å²) in [5.74, 6) is -0.275. The largest absolute Gasteiger partial charge is 0.421 e. The first-order valence-corrected chi connectivity index (χ1v) is 6.99. The summed E-state index contributed by atoms with van der Waals surface area (Å²) in [6, 6.07) is 9.39. The molecule has 1 N–H and O–H groups in total. The summed E-state index contributed by atoms with van der Waals surface area (Å²) < 4.78 is 19.0. The van der Waals surface area contributed by atoms with Crippen molar-refractivity contribution >= 4 is 5.91 Å². The molecule has 0 bridgehead atoms. The highest BCUT2D eigenvalue weighted by Crippen LogP contribution is 2.15. The van der Waals surface area contributed by atoms with Gasteiger partial charge in [-0.3, -0.25) is 9.78 Å². The molecule has 3 aromatic rings. The molecule has 6 nitrogen and oxygen atoms in total. The smallest absolute Gasteiger partial charge is 0.254 e. The van der Waals surface area contributed by atoms with Crippen LogP contribution in [0.25, 0.3) is 11.5 Å². The van der Waals surface area contributed by atoms with Crippen molar-refractivity contribution in [2.45, 2.75) is 6.42 Å². The molecule has 0 atom stereocenters. The Labute approximate surface area is 131 Å². The summed E-state index contributed by atoms with van der Waals surface area (Å²) in [6.07, 6.45) is 3.63. The summed E-state index contributed by atoms with van der Waals surface area (Å²) in [6.45, 7) is 0.266. The Balaban J connectivity index is 1.56. The van der Waals surface area contributed by atoms with Crippen molar-refractivity contribution in [3.63, 3.8) is 0 Å². The number of nitrogens with zero attached hydrogens (tertiary/aromatic N) is 3. The lowest BCUT2D eigenvalue weighted by Gasteiger charge is -2.04. The van der Waals surface area contributed by atoms with Crippen LogP contribution in [0.5, 0.6) is 0 Å². The van der Waals surface area contributed by atoms with E-state index in [2.05, 4.69) is 20.5 Å². The van der Waals surface area contributed by atoms with Crippen molar-refractivity contribution in [3.8, 4) is 11.5 Å². The number of pyridine rings is 1. The Morgan fingerprint density at radius 3 is 2.83 bits per heavy atom. The van der Waals surface area contributed by atoms with Gasteiger partial charge >= 0.3 is 0 Å². The first kappa shape index (κ1) is 14.8. The second kappa shape index (κ2) is 6.78. The fourth-order valence-corrected chi connectivity index (χ4v) is 1.98. The second-order valence-corrected chi connectivity index (χ2v) is 4.73. The lowest BCUT2D eigenvalue weighted by atomic mass is 10.2. The summed E-state index contributed by atoms with van der Waals surface area (Å²) in [7, 11) is 0. The summed E-state index contributed by atoms with van der Waals surface area (Å²) in [5.41, 5.74) is 0.732. The van der Waals surface area contributed by atoms with E-state index in [0.29, 0.717) is 18.2 Å². The minimum atomic E-state index is -0.554. The van der Waals surface area contributed by atoms with Gasteiger partial charge in [-0.25, -0.2) is 4.39 Å². The van der Waals surface area contributed by atoms with Gasteiger partial charge in [-0.15, -0.1) is 10.2 Å². The maximum atomic E-state index is 13.5. The molecule has 0 aliphatic heterocycles. The van der Waals surface area contributed by atoms with Crippen LogP contribution < -0.4 is 5.32 Å². The van der Waals surface area contributed by atoms with Crippen molar-refractivity contribution in [1.82, 2.24) is 20.5 Å². The highest BCUT2D eigenvalue weighted by Gasteiger charge is 2.12. The van der Waals surface area contributed by atoms with Gasteiger partial charge in [-0.05, 0) is 24.3 Å². The van der Waals surface area contributed by atoms with E-state index >= 15 is 0 Å². The first-order chi connectivity index (χ1) is 11.2. The van der Waals surface area contributed by atoms with Crippen molar-refractivity contribution in [2.75, 3.05) is 6.54 Å². The fourth-order valence-electron chi connectivity index (χ4n) is 1.98. The predicted molar refractivity (Wildman–Crippen MR) is 80.0 cm³/mol. The molecular weight excluding hydrogens is 299 g/mol. The van der Waals surface area contributed by atoms with Gasteiger partial charge in [0.05, 0.1) is 11.1 Å². The van der Waals surface area contributed by atoms with Crippen LogP contribution in [-0.2, 0) is 6.42 Å². The third-order valence-corrected chi connectivity index (χ3v) is 3.12. The van der Waals surface area contributed by atoms with Crippen LogP contribution in [-0.4, -0.2) is 27.6 Å². The minimum absolute atomic E-state index is 0.00841. The average Bonchev–Trinajstić information content (AvgIpc) is 3.05. The fraction of sp³-hybridized carbons (Fsp3) is 0.125. The zero-order chi connectivity index (χ0) is 16.1. The summed E-state index contributed by atoms with van der Waals surface area (Å²) >= 11 is 0. The Bertz CT molecular complexity index is 805. The molecule has 2 heterocycles. The highest BCUT2D eigenvalue weighted by atomic mass is 19.1. The van der Waals surface area contributed by atoms with Gasteiger partial charge in [0.15, 0.2) is 0 Å². The van der Waals surface area contributed by atoms with E-state index < -0.39 is 11.7 Å². The Kier molecular flexibility index (Phi) is 4.37. The lowest BCUT2D eigenvalue weighted by molar-refractivity contribution is 0.0949. The Morgan fingerprint density at radius 2 is 2.04 bits per heavy atom. The van der Waals surface area contributed by atoms with Crippen LogP contribution in [0.3, 0.4) is 0 Å². The van der Waals surface area contributed by atoms with E-state index in [1.807, 2.05) is 6.07 Å². The van der Waals surface area contributed by atoms with Gasteiger partial charge in [-0.1, -0.05) is 12.1 Å². The number of aromatic nitrogens is 3. The predicted octanol–water partition coefficient (Wildman–Crippen LogP) is 2.24. The van der Waals surface area contributed by atoms with E-state index in [9.17, 15) is 9.18 Å². The molecule has 0 saturated heterocycles. The molecule has 0 fully saturated rings. The van der Waals surface area contributed by atoms with Gasteiger partial charge in [0, 0.05) is 25.4 Å². The van der Waals surface area contributed by atoms with Gasteiger partial charge in [0.25, 0.3) is 5.91 Å². The lowest BCUT2D eigenvalue weighted by Crippen LogP contribution is -2.26. The van der Waals surface area contributed by atoms with E-state index in [1.54, 1.807) is 24.5 Å². The minimum Gasteiger partial charge on any atom is -0.421 e. The quantitative estimate of drug-likeness (QED) is 0.781. The van der Waals surface area contributed by atoms with Gasteiger partial charge < -0.3 is 9.73 Å². The monoisotopic (exact) mass is 312 g/mol. The molecule has 7 heteroatoms. The number of carbonyl (C=O) groups is 1. The molecule has 0 saturated carbocycles. The van der Waals surface area contributed by atoms with Gasteiger partial charge in [-0.2, -0.15) is 0 Å². The second-order valence-electron chi connectivity index (χ2n) is 4.73. The zero-order valence-corrected chi connectivity index (χ0v) is 12.1. The van der Waals surface area contributed by atoms with E-state index in [0.717, 1.165) is 5.56 Å². The number of amides is 1. The summed E-state index contributed by atoms with van der Waals surface area (Å²) in [4.78, 5) is 15.8. The Morgan fingerprint density at radius 1 is 1.17 bits per heavy atom. The third kappa shape index (κ3) is 3.57. The molecule has 0 aliphatic carbocycles. The third-order valence-electron chi connectivity index (χ3n) is 3.12. The first-order valence-electron chi connectivity index (χ1n) is 6.99. The van der Waals surface area contributed by atoms with Gasteiger partial charge in [0.1, 0.15) is 5.82 Å². The number of halogens is 1. The van der Waals surface area contributed by atoms with Crippen LogP contribution in [0.2, 0.25) is 0 Å². The molecule has 1 aromatic carbocycles. The average molecular weight is 312 g/mol. The SMILES string of the molecule is O=C(NCCc1nnc(-c2cccnc2)o1)c1ccccc1F. The Hall–Kier alpha value is -3.09. The van der Waals surface area contributed by atoms with Gasteiger partial charge in [0.2, 0.25) is 11.8 Å². The van der Waals surface area contributed by atoms with Crippen LogP contribution in [0.15, 0.2) is 53.2 Å². The molecule has 1 amide bonds. The van der Waals surface area contributed by atoms with Crippen molar-refractivity contribution in [2.24, 2.45) is 0 Å². The van der Waals surface area contributed by atoms with E-state index in [1.165, 1.54) is 18.2 Å². The number of nitrogens with one attached hydrogen (secondary N) is 1. The highest BCUT2D eigenvalue weighted by molar-refractivity contribution is 5.94. The number of benzene rings is 1. The van der Waals surface area contributed by atoms with Crippen molar-refractivity contribution in [3.05, 3.63) is 66.1 Å². The molecule has 0 radical (unpaired) electrons. The maximum absolute atomic E-state index is 13.5. The van der Waals surface area contributed by atoms with Crippen LogP contribution in [0.4, 0.5) is 4.39 Å². The molecule has 23 heavy (non-hydrogen) atoms. The normalized spacial score (nSPS) is 10.5. The van der Waals surface area contributed by atoms with Crippen LogP contribution in [0.1, 0.15) is 16.2 Å². The topological polar surface area (TPSA) is 80.9 Å². The molecular formula is C16H13FN4O2.